The lowest BCUT2D eigenvalue weighted by atomic mass is 10.1. The number of thiazole rings is 1. The van der Waals surface area contributed by atoms with Gasteiger partial charge in [-0.1, -0.05) is 12.5 Å². The van der Waals surface area contributed by atoms with Gasteiger partial charge in [0.25, 0.3) is 11.5 Å². The van der Waals surface area contributed by atoms with Crippen LogP contribution < -0.4 is 30.7 Å². The van der Waals surface area contributed by atoms with Gasteiger partial charge in [0.1, 0.15) is 21.8 Å². The Bertz CT molecular complexity index is 1350. The van der Waals surface area contributed by atoms with Crippen molar-refractivity contribution in [2.24, 2.45) is 0 Å². The quantitative estimate of drug-likeness (QED) is 0.471. The molecular formula is C24H27F3N6O3S. The maximum absolute atomic E-state index is 12.8. The van der Waals surface area contributed by atoms with Crippen LogP contribution in [0.2, 0.25) is 0 Å². The molecule has 1 saturated heterocycles. The fraction of sp³-hybridized carbons (Fsp3) is 0.417. The Balaban J connectivity index is 1.80. The van der Waals surface area contributed by atoms with E-state index in [0.717, 1.165) is 41.8 Å². The fourth-order valence-corrected chi connectivity index (χ4v) is 4.90. The predicted octanol–water partition coefficient (Wildman–Crippen LogP) is 1.56. The first kappa shape index (κ1) is 27.9. The van der Waals surface area contributed by atoms with Crippen molar-refractivity contribution in [1.29, 1.82) is 5.26 Å². The van der Waals surface area contributed by atoms with Gasteiger partial charge < -0.3 is 16.0 Å². The third-order valence-corrected chi connectivity index (χ3v) is 6.69. The average molecular weight is 537 g/mol. The summed E-state index contributed by atoms with van der Waals surface area (Å²) in [5.74, 6) is -1.34. The number of hydrogen-bond donors (Lipinski definition) is 3. The molecule has 0 spiro atoms. The second kappa shape index (κ2) is 12.6. The van der Waals surface area contributed by atoms with Gasteiger partial charge in [-0.2, -0.15) is 18.4 Å². The topological polar surface area (TPSA) is 119 Å². The molecule has 0 bridgehead atoms. The lowest BCUT2D eigenvalue weighted by molar-refractivity contribution is -0.135. The van der Waals surface area contributed by atoms with E-state index in [1.165, 1.54) is 12.6 Å². The first-order valence-corrected chi connectivity index (χ1v) is 12.5. The molecule has 0 saturated carbocycles. The molecule has 13 heteroatoms. The van der Waals surface area contributed by atoms with Gasteiger partial charge in [-0.3, -0.25) is 23.9 Å². The zero-order chi connectivity index (χ0) is 27.0. The monoisotopic (exact) mass is 536 g/mol. The summed E-state index contributed by atoms with van der Waals surface area (Å²) in [4.78, 5) is 39.5. The molecule has 3 N–H and O–H groups in total. The number of rotatable bonds is 8. The van der Waals surface area contributed by atoms with Crippen molar-refractivity contribution < 1.29 is 22.8 Å². The van der Waals surface area contributed by atoms with Crippen LogP contribution in [0.25, 0.3) is 11.8 Å². The van der Waals surface area contributed by atoms with E-state index in [0.29, 0.717) is 17.9 Å². The van der Waals surface area contributed by atoms with E-state index < -0.39 is 29.8 Å². The maximum Gasteiger partial charge on any atom is 0.405 e. The third-order valence-electron chi connectivity index (χ3n) is 5.56. The molecule has 3 rings (SSSR count). The number of halogens is 3. The van der Waals surface area contributed by atoms with Gasteiger partial charge in [0.2, 0.25) is 5.91 Å². The molecule has 1 aliphatic heterocycles. The van der Waals surface area contributed by atoms with E-state index in [-0.39, 0.29) is 21.6 Å². The number of hydrogen-bond acceptors (Lipinski definition) is 7. The van der Waals surface area contributed by atoms with Gasteiger partial charge in [0.05, 0.1) is 6.54 Å². The minimum absolute atomic E-state index is 0.0403. The second-order valence-electron chi connectivity index (χ2n) is 8.36. The Kier molecular flexibility index (Phi) is 9.48. The Labute approximate surface area is 214 Å². The summed E-state index contributed by atoms with van der Waals surface area (Å²) in [5.41, 5.74) is 0.0592. The summed E-state index contributed by atoms with van der Waals surface area (Å²) < 4.78 is 38.7. The molecule has 0 unspecified atom stereocenters. The van der Waals surface area contributed by atoms with Crippen LogP contribution in [-0.2, 0) is 16.1 Å². The first-order chi connectivity index (χ1) is 17.6. The number of carbonyl (C=O) groups excluding carboxylic acids is 2. The summed E-state index contributed by atoms with van der Waals surface area (Å²) in [6, 6.07) is 8.48. The predicted molar refractivity (Wildman–Crippen MR) is 135 cm³/mol. The van der Waals surface area contributed by atoms with Crippen molar-refractivity contribution in [2.45, 2.75) is 38.9 Å². The van der Waals surface area contributed by atoms with Gasteiger partial charge in [0.15, 0.2) is 5.57 Å². The third kappa shape index (κ3) is 7.93. The smallest absolute Gasteiger partial charge is 0.360 e. The van der Waals surface area contributed by atoms with Crippen LogP contribution >= 0.6 is 11.3 Å². The van der Waals surface area contributed by atoms with Crippen molar-refractivity contribution in [3.63, 3.8) is 0 Å². The van der Waals surface area contributed by atoms with E-state index in [2.05, 4.69) is 15.5 Å². The van der Waals surface area contributed by atoms with Crippen molar-refractivity contribution in [3.8, 4) is 6.07 Å². The van der Waals surface area contributed by atoms with Crippen molar-refractivity contribution in [3.05, 3.63) is 43.8 Å². The molecule has 0 atom stereocenters. The van der Waals surface area contributed by atoms with Crippen LogP contribution in [0.4, 0.5) is 24.5 Å². The van der Waals surface area contributed by atoms with Crippen molar-refractivity contribution in [2.75, 3.05) is 36.8 Å². The zero-order valence-corrected chi connectivity index (χ0v) is 21.0. The van der Waals surface area contributed by atoms with Crippen LogP contribution in [0.3, 0.4) is 0 Å². The molecular weight excluding hydrogens is 509 g/mol. The molecule has 9 nitrogen and oxygen atoms in total. The number of anilines is 2. The Morgan fingerprint density at radius 1 is 1.19 bits per heavy atom. The highest BCUT2D eigenvalue weighted by Gasteiger charge is 2.29. The molecule has 1 fully saturated rings. The number of alkyl halides is 3. The highest BCUT2D eigenvalue weighted by atomic mass is 32.1. The number of carbonyl (C=O) groups is 2. The lowest BCUT2D eigenvalue weighted by Crippen LogP contribution is -2.37. The molecule has 1 aromatic heterocycles. The standard InChI is InChI=1S/C24H27F3N6O3S/c1-2-33-22(36)19(37-23(33)18(12-28)21(35)30-15-24(25,26)27)13-29-16-7-6-8-17(11-16)31-20(34)14-32-9-4-3-5-10-32/h6-8,11,13,29H,2-5,9-10,14-15H2,1H3,(H,30,35)(H,31,34). The number of nitrogens with one attached hydrogen (secondary N) is 3. The Morgan fingerprint density at radius 3 is 2.54 bits per heavy atom. The molecule has 0 radical (unpaired) electrons. The number of aromatic nitrogens is 1. The minimum Gasteiger partial charge on any atom is -0.360 e. The molecule has 1 aliphatic rings. The lowest BCUT2D eigenvalue weighted by Gasteiger charge is -2.25. The maximum atomic E-state index is 12.8. The summed E-state index contributed by atoms with van der Waals surface area (Å²) in [5, 5.41) is 16.9. The molecule has 1 aromatic carbocycles. The number of amides is 2. The van der Waals surface area contributed by atoms with Gasteiger partial charge >= 0.3 is 6.18 Å². The van der Waals surface area contributed by atoms with Crippen LogP contribution in [0.5, 0.6) is 0 Å². The molecule has 2 aromatic rings. The second-order valence-corrected chi connectivity index (χ2v) is 9.39. The van der Waals surface area contributed by atoms with Gasteiger partial charge in [0, 0.05) is 24.1 Å². The highest BCUT2D eigenvalue weighted by Crippen LogP contribution is 2.16. The fourth-order valence-electron chi connectivity index (χ4n) is 3.81. The number of likely N-dealkylation sites (tertiary alicyclic amines) is 1. The summed E-state index contributed by atoms with van der Waals surface area (Å²) >= 11 is 0.814. The number of benzene rings is 1. The molecule has 0 aliphatic carbocycles. The van der Waals surface area contributed by atoms with Gasteiger partial charge in [-0.05, 0) is 51.1 Å². The molecule has 198 valence electrons. The van der Waals surface area contributed by atoms with Crippen LogP contribution in [0, 0.1) is 11.3 Å². The molecule has 37 heavy (non-hydrogen) atoms. The van der Waals surface area contributed by atoms with E-state index >= 15 is 0 Å². The Hall–Kier alpha value is -3.63. The van der Waals surface area contributed by atoms with Crippen molar-refractivity contribution in [1.82, 2.24) is 14.8 Å². The number of nitriles is 1. The SMILES string of the molecule is CCn1c(=C(C#N)C(=O)NCC(F)(F)F)sc(=CNc2cccc(NC(=O)CN3CCCCC3)c2)c1=O. The summed E-state index contributed by atoms with van der Waals surface area (Å²) in [6.07, 6.45) is 0.0933. The van der Waals surface area contributed by atoms with Gasteiger partial charge in [-0.25, -0.2) is 0 Å². The highest BCUT2D eigenvalue weighted by molar-refractivity contribution is 7.07. The first-order valence-electron chi connectivity index (χ1n) is 11.7. The van der Waals surface area contributed by atoms with Crippen molar-refractivity contribution >= 4 is 46.3 Å². The largest absolute Gasteiger partial charge is 0.405 e. The number of nitrogens with zero attached hydrogens (tertiary/aromatic N) is 3. The summed E-state index contributed by atoms with van der Waals surface area (Å²) in [6.45, 7) is 2.24. The van der Waals surface area contributed by atoms with E-state index in [9.17, 15) is 32.8 Å². The van der Waals surface area contributed by atoms with E-state index in [1.54, 1.807) is 42.6 Å². The number of piperidine rings is 1. The van der Waals surface area contributed by atoms with E-state index in [4.69, 9.17) is 0 Å². The van der Waals surface area contributed by atoms with Crippen LogP contribution in [0.15, 0.2) is 29.1 Å². The minimum atomic E-state index is -4.64. The van der Waals surface area contributed by atoms with Gasteiger partial charge in [-0.15, -0.1) is 11.3 Å². The average Bonchev–Trinajstić information content (AvgIpc) is 3.17. The van der Waals surface area contributed by atoms with Crippen LogP contribution in [-0.4, -0.2) is 53.6 Å². The molecule has 2 heterocycles. The van der Waals surface area contributed by atoms with E-state index in [1.807, 2.05) is 0 Å². The normalized spacial score (nSPS) is 15.6. The summed E-state index contributed by atoms with van der Waals surface area (Å²) in [7, 11) is 0. The molecule has 2 amide bonds. The Morgan fingerprint density at radius 2 is 1.89 bits per heavy atom. The van der Waals surface area contributed by atoms with Crippen LogP contribution in [0.1, 0.15) is 26.2 Å². The zero-order valence-electron chi connectivity index (χ0n) is 20.2.